The smallest absolute Gasteiger partial charge is 0.252 e. The quantitative estimate of drug-likeness (QED) is 0.795. The van der Waals surface area contributed by atoms with Crippen LogP contribution < -0.4 is 5.32 Å². The third kappa shape index (κ3) is 3.05. The number of fused-ring (bicyclic) bond motifs is 1. The predicted molar refractivity (Wildman–Crippen MR) is 75.4 cm³/mol. The summed E-state index contributed by atoms with van der Waals surface area (Å²) in [6, 6.07) is 6.41. The van der Waals surface area contributed by atoms with Crippen LogP contribution in [0.5, 0.6) is 0 Å². The molecular formula is C15H13FN4O. The van der Waals surface area contributed by atoms with Crippen molar-refractivity contribution in [2.75, 3.05) is 6.54 Å². The van der Waals surface area contributed by atoms with Crippen molar-refractivity contribution in [2.24, 2.45) is 0 Å². The molecule has 0 bridgehead atoms. The minimum atomic E-state index is -0.309. The highest BCUT2D eigenvalue weighted by Gasteiger charge is 2.06. The van der Waals surface area contributed by atoms with E-state index in [0.717, 1.165) is 5.69 Å². The number of carbonyl (C=O) groups excluding carboxylic acids is 1. The number of nitrogens with zero attached hydrogens (tertiary/aromatic N) is 3. The molecule has 3 rings (SSSR count). The SMILES string of the molecule is O=C(NCCc1cn2cc(F)ccc2n1)c1cccnc1. The standard InChI is InChI=1S/C15H13FN4O/c16-12-3-4-14-19-13(10-20(14)9-12)5-7-18-15(21)11-2-1-6-17-8-11/h1-4,6,8-10H,5,7H2,(H,18,21). The molecule has 3 aromatic rings. The first-order valence-corrected chi connectivity index (χ1v) is 6.54. The normalized spacial score (nSPS) is 10.7. The summed E-state index contributed by atoms with van der Waals surface area (Å²) in [5, 5.41) is 2.80. The monoisotopic (exact) mass is 284 g/mol. The fourth-order valence-corrected chi connectivity index (χ4v) is 2.04. The number of hydrogen-bond acceptors (Lipinski definition) is 3. The molecular weight excluding hydrogens is 271 g/mol. The molecule has 3 heterocycles. The number of aromatic nitrogens is 3. The average Bonchev–Trinajstić information content (AvgIpc) is 2.89. The van der Waals surface area contributed by atoms with Crippen LogP contribution in [0.4, 0.5) is 4.39 Å². The number of carbonyl (C=O) groups is 1. The van der Waals surface area contributed by atoms with E-state index in [1.165, 1.54) is 18.5 Å². The van der Waals surface area contributed by atoms with Gasteiger partial charge in [-0.2, -0.15) is 0 Å². The maximum absolute atomic E-state index is 13.1. The van der Waals surface area contributed by atoms with E-state index in [4.69, 9.17) is 0 Å². The Hall–Kier alpha value is -2.76. The van der Waals surface area contributed by atoms with Gasteiger partial charge in [0.1, 0.15) is 11.5 Å². The van der Waals surface area contributed by atoms with Crippen LogP contribution in [0.25, 0.3) is 5.65 Å². The largest absolute Gasteiger partial charge is 0.352 e. The number of nitrogens with one attached hydrogen (secondary N) is 1. The van der Waals surface area contributed by atoms with Crippen molar-refractivity contribution in [1.82, 2.24) is 19.7 Å². The molecule has 3 aromatic heterocycles. The second-order valence-corrected chi connectivity index (χ2v) is 4.59. The lowest BCUT2D eigenvalue weighted by molar-refractivity contribution is 0.0953. The summed E-state index contributed by atoms with van der Waals surface area (Å²) in [5.41, 5.74) is 2.01. The minimum Gasteiger partial charge on any atom is -0.352 e. The lowest BCUT2D eigenvalue weighted by Crippen LogP contribution is -2.25. The number of amides is 1. The van der Waals surface area contributed by atoms with E-state index in [1.807, 2.05) is 0 Å². The van der Waals surface area contributed by atoms with Crippen LogP contribution in [-0.4, -0.2) is 26.8 Å². The second kappa shape index (κ2) is 5.70. The predicted octanol–water partition coefficient (Wildman–Crippen LogP) is 1.84. The number of rotatable bonds is 4. The van der Waals surface area contributed by atoms with Gasteiger partial charge in [-0.3, -0.25) is 9.78 Å². The number of hydrogen-bond donors (Lipinski definition) is 1. The summed E-state index contributed by atoms with van der Waals surface area (Å²) >= 11 is 0. The van der Waals surface area contributed by atoms with E-state index >= 15 is 0 Å². The zero-order valence-electron chi connectivity index (χ0n) is 11.2. The molecule has 0 aromatic carbocycles. The Labute approximate surface area is 120 Å². The molecule has 1 N–H and O–H groups in total. The van der Waals surface area contributed by atoms with E-state index in [9.17, 15) is 9.18 Å². The average molecular weight is 284 g/mol. The first kappa shape index (κ1) is 13.2. The van der Waals surface area contributed by atoms with Gasteiger partial charge >= 0.3 is 0 Å². The molecule has 0 aliphatic carbocycles. The summed E-state index contributed by atoms with van der Waals surface area (Å²) in [7, 11) is 0. The highest BCUT2D eigenvalue weighted by atomic mass is 19.1. The molecule has 106 valence electrons. The van der Waals surface area contributed by atoms with Gasteiger partial charge in [0.2, 0.25) is 0 Å². The molecule has 0 spiro atoms. The van der Waals surface area contributed by atoms with Crippen LogP contribution >= 0.6 is 0 Å². The topological polar surface area (TPSA) is 59.3 Å². The molecule has 0 atom stereocenters. The lowest BCUT2D eigenvalue weighted by Gasteiger charge is -2.02. The Morgan fingerprint density at radius 3 is 3.00 bits per heavy atom. The first-order chi connectivity index (χ1) is 10.2. The fraction of sp³-hybridized carbons (Fsp3) is 0.133. The van der Waals surface area contributed by atoms with E-state index in [1.54, 1.807) is 35.0 Å². The maximum Gasteiger partial charge on any atom is 0.252 e. The Morgan fingerprint density at radius 1 is 1.29 bits per heavy atom. The Bertz CT molecular complexity index is 770. The second-order valence-electron chi connectivity index (χ2n) is 4.59. The van der Waals surface area contributed by atoms with Gasteiger partial charge in [-0.15, -0.1) is 0 Å². The van der Waals surface area contributed by atoms with Gasteiger partial charge in [-0.1, -0.05) is 0 Å². The molecule has 0 aliphatic heterocycles. The zero-order valence-corrected chi connectivity index (χ0v) is 11.2. The van der Waals surface area contributed by atoms with Gasteiger partial charge < -0.3 is 9.72 Å². The summed E-state index contributed by atoms with van der Waals surface area (Å²) in [5.74, 6) is -0.478. The van der Waals surface area contributed by atoms with Gasteiger partial charge in [-0.25, -0.2) is 9.37 Å². The van der Waals surface area contributed by atoms with Crippen molar-refractivity contribution < 1.29 is 9.18 Å². The Kier molecular flexibility index (Phi) is 3.59. The number of pyridine rings is 2. The molecule has 0 fully saturated rings. The third-order valence-corrected chi connectivity index (χ3v) is 3.06. The molecule has 6 heteroatoms. The first-order valence-electron chi connectivity index (χ1n) is 6.54. The summed E-state index contributed by atoms with van der Waals surface area (Å²) in [6.07, 6.45) is 6.85. The summed E-state index contributed by atoms with van der Waals surface area (Å²) in [6.45, 7) is 0.458. The molecule has 1 amide bonds. The minimum absolute atomic E-state index is 0.169. The number of halogens is 1. The van der Waals surface area contributed by atoms with Crippen molar-refractivity contribution in [2.45, 2.75) is 6.42 Å². The Balaban J connectivity index is 1.60. The van der Waals surface area contributed by atoms with Gasteiger partial charge in [0.15, 0.2) is 0 Å². The molecule has 0 saturated carbocycles. The maximum atomic E-state index is 13.1. The van der Waals surface area contributed by atoms with Gasteiger partial charge in [0.25, 0.3) is 5.91 Å². The summed E-state index contributed by atoms with van der Waals surface area (Å²) in [4.78, 5) is 20.1. The fourth-order valence-electron chi connectivity index (χ4n) is 2.04. The van der Waals surface area contributed by atoms with Crippen LogP contribution in [0.2, 0.25) is 0 Å². The molecule has 21 heavy (non-hydrogen) atoms. The van der Waals surface area contributed by atoms with Crippen molar-refractivity contribution in [3.8, 4) is 0 Å². The van der Waals surface area contributed by atoms with Crippen LogP contribution in [0.3, 0.4) is 0 Å². The Morgan fingerprint density at radius 2 is 2.19 bits per heavy atom. The third-order valence-electron chi connectivity index (χ3n) is 3.06. The van der Waals surface area contributed by atoms with E-state index < -0.39 is 0 Å². The molecule has 0 saturated heterocycles. The molecule has 0 unspecified atom stereocenters. The summed E-state index contributed by atoms with van der Waals surface area (Å²) < 4.78 is 14.7. The highest BCUT2D eigenvalue weighted by Crippen LogP contribution is 2.07. The van der Waals surface area contributed by atoms with Crippen molar-refractivity contribution in [1.29, 1.82) is 0 Å². The highest BCUT2D eigenvalue weighted by molar-refractivity contribution is 5.93. The van der Waals surface area contributed by atoms with Gasteiger partial charge in [-0.05, 0) is 24.3 Å². The molecule has 0 aliphatic rings. The van der Waals surface area contributed by atoms with Crippen LogP contribution in [0.1, 0.15) is 16.1 Å². The van der Waals surface area contributed by atoms with Crippen LogP contribution in [-0.2, 0) is 6.42 Å². The van der Waals surface area contributed by atoms with Crippen molar-refractivity contribution >= 4 is 11.6 Å². The van der Waals surface area contributed by atoms with Gasteiger partial charge in [0.05, 0.1) is 11.3 Å². The van der Waals surface area contributed by atoms with Gasteiger partial charge in [0, 0.05) is 37.8 Å². The van der Waals surface area contributed by atoms with Crippen LogP contribution in [0.15, 0.2) is 49.1 Å². The molecule has 5 nitrogen and oxygen atoms in total. The number of imidazole rings is 1. The lowest BCUT2D eigenvalue weighted by atomic mass is 10.2. The van der Waals surface area contributed by atoms with E-state index in [2.05, 4.69) is 15.3 Å². The van der Waals surface area contributed by atoms with Crippen molar-refractivity contribution in [3.05, 3.63) is 66.1 Å². The molecule has 0 radical (unpaired) electrons. The zero-order chi connectivity index (χ0) is 14.7. The van der Waals surface area contributed by atoms with E-state index in [-0.39, 0.29) is 11.7 Å². The van der Waals surface area contributed by atoms with Crippen LogP contribution in [0, 0.1) is 5.82 Å². The van der Waals surface area contributed by atoms with Crippen molar-refractivity contribution in [3.63, 3.8) is 0 Å². The van der Waals surface area contributed by atoms with E-state index in [0.29, 0.717) is 24.2 Å².